The molecule has 8 heteroatoms. The van der Waals surface area contributed by atoms with E-state index in [9.17, 15) is 9.59 Å². The van der Waals surface area contributed by atoms with Crippen LogP contribution in [0.25, 0.3) is 5.69 Å². The molecule has 0 aliphatic heterocycles. The topological polar surface area (TPSA) is 101 Å². The summed E-state index contributed by atoms with van der Waals surface area (Å²) in [6, 6.07) is 1.61. The summed E-state index contributed by atoms with van der Waals surface area (Å²) in [5, 5.41) is 16.4. The predicted octanol–water partition coefficient (Wildman–Crippen LogP) is 0.599. The second kappa shape index (κ2) is 6.60. The fourth-order valence-electron chi connectivity index (χ4n) is 1.88. The molecule has 110 valence electrons. The van der Waals surface area contributed by atoms with E-state index in [0.29, 0.717) is 24.2 Å². The predicted molar refractivity (Wildman–Crippen MR) is 73.0 cm³/mol. The van der Waals surface area contributed by atoms with Crippen LogP contribution in [-0.4, -0.2) is 55.0 Å². The van der Waals surface area contributed by atoms with E-state index >= 15 is 0 Å². The summed E-state index contributed by atoms with van der Waals surface area (Å²) in [4.78, 5) is 28.5. The van der Waals surface area contributed by atoms with E-state index < -0.39 is 5.97 Å². The molecular formula is C13H15N5O3. The fourth-order valence-corrected chi connectivity index (χ4v) is 1.88. The monoisotopic (exact) mass is 289 g/mol. The molecule has 2 aromatic rings. The van der Waals surface area contributed by atoms with Gasteiger partial charge in [-0.25, -0.2) is 4.68 Å². The van der Waals surface area contributed by atoms with Gasteiger partial charge in [-0.2, -0.15) is 0 Å². The van der Waals surface area contributed by atoms with Crippen LogP contribution in [0, 0.1) is 0 Å². The zero-order chi connectivity index (χ0) is 15.2. The van der Waals surface area contributed by atoms with Gasteiger partial charge in [0.15, 0.2) is 0 Å². The van der Waals surface area contributed by atoms with Gasteiger partial charge in [-0.15, -0.1) is 5.10 Å². The van der Waals surface area contributed by atoms with E-state index in [2.05, 4.69) is 15.3 Å². The van der Waals surface area contributed by atoms with Crippen LogP contribution in [0.3, 0.4) is 0 Å². The number of aliphatic carboxylic acids is 1. The third kappa shape index (κ3) is 3.62. The largest absolute Gasteiger partial charge is 0.480 e. The number of hydrogen-bond acceptors (Lipinski definition) is 5. The first-order valence-electron chi connectivity index (χ1n) is 6.44. The molecule has 0 atom stereocenters. The van der Waals surface area contributed by atoms with Gasteiger partial charge in [0.1, 0.15) is 6.54 Å². The van der Waals surface area contributed by atoms with E-state index in [1.54, 1.807) is 18.5 Å². The standard InChI is InChI=1S/C13H15N5O3/c1-2-4-17(9-12(19)20)13(21)10-6-11(8-14-7-10)18-5-3-15-16-18/h3,5-8H,2,4,9H2,1H3,(H,19,20). The molecule has 0 spiro atoms. The number of nitrogens with zero attached hydrogens (tertiary/aromatic N) is 5. The first-order chi connectivity index (χ1) is 10.1. The second-order valence-corrected chi connectivity index (χ2v) is 4.40. The molecule has 0 aromatic carbocycles. The maximum absolute atomic E-state index is 12.4. The Kier molecular flexibility index (Phi) is 4.60. The maximum atomic E-state index is 12.4. The summed E-state index contributed by atoms with van der Waals surface area (Å²) in [5.74, 6) is -1.41. The minimum absolute atomic E-state index is 0.317. The van der Waals surface area contributed by atoms with E-state index in [0.717, 1.165) is 0 Å². The Hall–Kier alpha value is -2.77. The zero-order valence-electron chi connectivity index (χ0n) is 11.5. The van der Waals surface area contributed by atoms with Crippen LogP contribution in [0.2, 0.25) is 0 Å². The number of rotatable bonds is 6. The molecule has 2 heterocycles. The van der Waals surface area contributed by atoms with Gasteiger partial charge in [-0.05, 0) is 12.5 Å². The van der Waals surface area contributed by atoms with E-state index in [1.807, 2.05) is 6.92 Å². The van der Waals surface area contributed by atoms with Gasteiger partial charge < -0.3 is 10.0 Å². The maximum Gasteiger partial charge on any atom is 0.323 e. The van der Waals surface area contributed by atoms with Gasteiger partial charge >= 0.3 is 5.97 Å². The SMILES string of the molecule is CCCN(CC(=O)O)C(=O)c1cncc(-n2ccnn2)c1. The van der Waals surface area contributed by atoms with Crippen molar-refractivity contribution in [1.29, 1.82) is 0 Å². The lowest BCUT2D eigenvalue weighted by Crippen LogP contribution is -2.36. The molecule has 0 radical (unpaired) electrons. The number of carboxylic acids is 1. The van der Waals surface area contributed by atoms with Crippen molar-refractivity contribution in [3.8, 4) is 5.69 Å². The van der Waals surface area contributed by atoms with Crippen molar-refractivity contribution in [2.75, 3.05) is 13.1 Å². The fraction of sp³-hybridized carbons (Fsp3) is 0.308. The molecule has 1 N–H and O–H groups in total. The van der Waals surface area contributed by atoms with Crippen molar-refractivity contribution in [3.05, 3.63) is 36.4 Å². The quantitative estimate of drug-likeness (QED) is 0.835. The molecular weight excluding hydrogens is 274 g/mol. The van der Waals surface area contributed by atoms with Crippen molar-refractivity contribution >= 4 is 11.9 Å². The van der Waals surface area contributed by atoms with Crippen LogP contribution < -0.4 is 0 Å². The van der Waals surface area contributed by atoms with Crippen molar-refractivity contribution in [1.82, 2.24) is 24.9 Å². The Balaban J connectivity index is 2.25. The van der Waals surface area contributed by atoms with E-state index in [1.165, 1.54) is 22.0 Å². The molecule has 0 aliphatic rings. The highest BCUT2D eigenvalue weighted by molar-refractivity contribution is 5.96. The normalized spacial score (nSPS) is 10.3. The molecule has 0 aliphatic carbocycles. The molecule has 0 fully saturated rings. The van der Waals surface area contributed by atoms with Crippen molar-refractivity contribution in [2.45, 2.75) is 13.3 Å². The van der Waals surface area contributed by atoms with Crippen LogP contribution in [0.15, 0.2) is 30.9 Å². The van der Waals surface area contributed by atoms with Gasteiger partial charge in [0, 0.05) is 12.7 Å². The highest BCUT2D eigenvalue weighted by atomic mass is 16.4. The van der Waals surface area contributed by atoms with Gasteiger partial charge in [-0.3, -0.25) is 14.6 Å². The Morgan fingerprint density at radius 3 is 2.81 bits per heavy atom. The van der Waals surface area contributed by atoms with Gasteiger partial charge in [0.25, 0.3) is 5.91 Å². The van der Waals surface area contributed by atoms with Gasteiger partial charge in [0.2, 0.25) is 0 Å². The summed E-state index contributed by atoms with van der Waals surface area (Å²) >= 11 is 0. The summed E-state index contributed by atoms with van der Waals surface area (Å²) in [6.45, 7) is 1.92. The molecule has 2 rings (SSSR count). The molecule has 8 nitrogen and oxygen atoms in total. The molecule has 0 saturated heterocycles. The Morgan fingerprint density at radius 1 is 1.38 bits per heavy atom. The van der Waals surface area contributed by atoms with Crippen LogP contribution >= 0.6 is 0 Å². The molecule has 0 saturated carbocycles. The summed E-state index contributed by atoms with van der Waals surface area (Å²) in [6.07, 6.45) is 6.78. The molecule has 1 amide bonds. The number of pyridine rings is 1. The Morgan fingerprint density at radius 2 is 2.19 bits per heavy atom. The average molecular weight is 289 g/mol. The summed E-state index contributed by atoms with van der Waals surface area (Å²) < 4.78 is 1.48. The first-order valence-corrected chi connectivity index (χ1v) is 6.44. The number of carboxylic acid groups (broad SMARTS) is 1. The van der Waals surface area contributed by atoms with Crippen molar-refractivity contribution < 1.29 is 14.7 Å². The lowest BCUT2D eigenvalue weighted by Gasteiger charge is -2.19. The summed E-state index contributed by atoms with van der Waals surface area (Å²) in [7, 11) is 0. The number of amides is 1. The Bertz CT molecular complexity index is 626. The number of hydrogen-bond donors (Lipinski definition) is 1. The molecule has 0 bridgehead atoms. The van der Waals surface area contributed by atoms with E-state index in [-0.39, 0.29) is 12.5 Å². The van der Waals surface area contributed by atoms with Gasteiger partial charge in [0.05, 0.1) is 29.8 Å². The minimum Gasteiger partial charge on any atom is -0.480 e. The molecule has 0 unspecified atom stereocenters. The van der Waals surface area contributed by atoms with E-state index in [4.69, 9.17) is 5.11 Å². The lowest BCUT2D eigenvalue weighted by molar-refractivity contribution is -0.137. The lowest BCUT2D eigenvalue weighted by atomic mass is 10.2. The third-order valence-corrected chi connectivity index (χ3v) is 2.76. The highest BCUT2D eigenvalue weighted by Crippen LogP contribution is 2.10. The number of carbonyl (C=O) groups is 2. The number of carbonyl (C=O) groups excluding carboxylic acids is 1. The third-order valence-electron chi connectivity index (χ3n) is 2.76. The van der Waals surface area contributed by atoms with Crippen LogP contribution in [0.4, 0.5) is 0 Å². The molecule has 2 aromatic heterocycles. The minimum atomic E-state index is -1.04. The summed E-state index contributed by atoms with van der Waals surface area (Å²) in [5.41, 5.74) is 0.905. The highest BCUT2D eigenvalue weighted by Gasteiger charge is 2.18. The number of aromatic nitrogens is 4. The van der Waals surface area contributed by atoms with Gasteiger partial charge in [-0.1, -0.05) is 12.1 Å². The van der Waals surface area contributed by atoms with Crippen LogP contribution in [0.1, 0.15) is 23.7 Å². The zero-order valence-corrected chi connectivity index (χ0v) is 11.5. The Labute approximate surface area is 121 Å². The van der Waals surface area contributed by atoms with Crippen molar-refractivity contribution in [2.24, 2.45) is 0 Å². The second-order valence-electron chi connectivity index (χ2n) is 4.40. The first kappa shape index (κ1) is 14.6. The molecule has 21 heavy (non-hydrogen) atoms. The van der Waals surface area contributed by atoms with Crippen molar-refractivity contribution in [3.63, 3.8) is 0 Å². The van der Waals surface area contributed by atoms with Crippen LogP contribution in [0.5, 0.6) is 0 Å². The smallest absolute Gasteiger partial charge is 0.323 e. The average Bonchev–Trinajstić information content (AvgIpc) is 3.00. The van der Waals surface area contributed by atoms with Crippen LogP contribution in [-0.2, 0) is 4.79 Å².